The van der Waals surface area contributed by atoms with Crippen molar-refractivity contribution in [3.05, 3.63) is 46.9 Å². The lowest BCUT2D eigenvalue weighted by Gasteiger charge is -2.27. The number of fused-ring (bicyclic) bond motifs is 1. The third kappa shape index (κ3) is 3.52. The molecule has 3 heterocycles. The Balaban J connectivity index is 1.75. The second kappa shape index (κ2) is 7.16. The van der Waals surface area contributed by atoms with Crippen LogP contribution >= 0.6 is 0 Å². The minimum atomic E-state index is -0.381. The average Bonchev–Trinajstić information content (AvgIpc) is 2.68. The van der Waals surface area contributed by atoms with Crippen LogP contribution in [0.5, 0.6) is 5.75 Å². The van der Waals surface area contributed by atoms with Gasteiger partial charge < -0.3 is 14.4 Å². The van der Waals surface area contributed by atoms with Gasteiger partial charge in [0.05, 0.1) is 18.6 Å². The quantitative estimate of drug-likeness (QED) is 0.557. The SMILES string of the molecule is CC(=O)Oc1ccc(-c2ccnc3nc(N4CCOCC4)[nH]c(=O)c23)cc1. The molecule has 0 unspecified atom stereocenters. The zero-order valence-electron chi connectivity index (χ0n) is 14.8. The highest BCUT2D eigenvalue weighted by atomic mass is 16.5. The van der Waals surface area contributed by atoms with Crippen LogP contribution in [0, 0.1) is 0 Å². The molecule has 4 rings (SSSR count). The van der Waals surface area contributed by atoms with Gasteiger partial charge in [0.15, 0.2) is 5.65 Å². The monoisotopic (exact) mass is 366 g/mol. The minimum Gasteiger partial charge on any atom is -0.427 e. The second-order valence-corrected chi connectivity index (χ2v) is 6.16. The van der Waals surface area contributed by atoms with Crippen LogP contribution in [0.25, 0.3) is 22.2 Å². The number of aromatic amines is 1. The summed E-state index contributed by atoms with van der Waals surface area (Å²) in [5.74, 6) is 0.574. The van der Waals surface area contributed by atoms with Crippen LogP contribution < -0.4 is 15.2 Å². The number of nitrogens with one attached hydrogen (secondary N) is 1. The lowest BCUT2D eigenvalue weighted by molar-refractivity contribution is -0.131. The topological polar surface area (TPSA) is 97.4 Å². The standard InChI is InChI=1S/C19H18N4O4/c1-12(24)27-14-4-2-13(3-5-14)15-6-7-20-17-16(15)18(25)22-19(21-17)23-8-10-26-11-9-23/h2-7H,8-11H2,1H3,(H,20,21,22,25). The first-order valence-electron chi connectivity index (χ1n) is 8.62. The molecule has 0 bridgehead atoms. The predicted octanol–water partition coefficient (Wildman–Crippen LogP) is 1.75. The molecule has 0 amide bonds. The fourth-order valence-corrected chi connectivity index (χ4v) is 3.09. The van der Waals surface area contributed by atoms with Crippen molar-refractivity contribution in [1.82, 2.24) is 15.0 Å². The van der Waals surface area contributed by atoms with Crippen LogP contribution in [-0.2, 0) is 9.53 Å². The molecule has 27 heavy (non-hydrogen) atoms. The van der Waals surface area contributed by atoms with E-state index in [9.17, 15) is 9.59 Å². The molecule has 1 aliphatic rings. The van der Waals surface area contributed by atoms with E-state index < -0.39 is 0 Å². The van der Waals surface area contributed by atoms with Crippen molar-refractivity contribution in [2.45, 2.75) is 6.92 Å². The lowest BCUT2D eigenvalue weighted by Crippen LogP contribution is -2.38. The van der Waals surface area contributed by atoms with Gasteiger partial charge in [-0.25, -0.2) is 4.98 Å². The number of H-pyrrole nitrogens is 1. The van der Waals surface area contributed by atoms with Gasteiger partial charge in [0.25, 0.3) is 5.56 Å². The first-order chi connectivity index (χ1) is 13.1. The summed E-state index contributed by atoms with van der Waals surface area (Å²) in [6, 6.07) is 8.73. The molecule has 8 heteroatoms. The number of carbonyl (C=O) groups is 1. The highest BCUT2D eigenvalue weighted by Crippen LogP contribution is 2.27. The first-order valence-corrected chi connectivity index (χ1v) is 8.62. The molecule has 0 aliphatic carbocycles. The molecule has 1 aromatic carbocycles. The number of rotatable bonds is 3. The molecule has 1 aliphatic heterocycles. The van der Waals surface area contributed by atoms with Gasteiger partial charge in [0, 0.05) is 26.2 Å². The lowest BCUT2D eigenvalue weighted by atomic mass is 10.0. The fourth-order valence-electron chi connectivity index (χ4n) is 3.09. The van der Waals surface area contributed by atoms with E-state index in [1.165, 1.54) is 6.92 Å². The van der Waals surface area contributed by atoms with E-state index in [0.29, 0.717) is 49.0 Å². The number of nitrogens with zero attached hydrogens (tertiary/aromatic N) is 3. The van der Waals surface area contributed by atoms with Gasteiger partial charge in [-0.1, -0.05) is 12.1 Å². The van der Waals surface area contributed by atoms with E-state index in [2.05, 4.69) is 15.0 Å². The van der Waals surface area contributed by atoms with Gasteiger partial charge >= 0.3 is 5.97 Å². The maximum absolute atomic E-state index is 12.8. The third-order valence-corrected chi connectivity index (χ3v) is 4.33. The van der Waals surface area contributed by atoms with Crippen molar-refractivity contribution in [1.29, 1.82) is 0 Å². The Morgan fingerprint density at radius 2 is 1.93 bits per heavy atom. The summed E-state index contributed by atoms with van der Waals surface area (Å²) < 4.78 is 10.4. The number of hydrogen-bond donors (Lipinski definition) is 1. The molecule has 138 valence electrons. The largest absolute Gasteiger partial charge is 0.427 e. The number of anilines is 1. The molecule has 0 radical (unpaired) electrons. The third-order valence-electron chi connectivity index (χ3n) is 4.33. The number of benzene rings is 1. The van der Waals surface area contributed by atoms with Crippen LogP contribution in [0.2, 0.25) is 0 Å². The van der Waals surface area contributed by atoms with Crippen LogP contribution in [0.15, 0.2) is 41.3 Å². The number of hydrogen-bond acceptors (Lipinski definition) is 7. The highest BCUT2D eigenvalue weighted by molar-refractivity contribution is 5.92. The number of esters is 1. The van der Waals surface area contributed by atoms with Crippen molar-refractivity contribution in [2.24, 2.45) is 0 Å². The van der Waals surface area contributed by atoms with E-state index in [1.54, 1.807) is 36.5 Å². The summed E-state index contributed by atoms with van der Waals surface area (Å²) in [5, 5.41) is 0.426. The zero-order chi connectivity index (χ0) is 18.8. The number of aromatic nitrogens is 3. The molecule has 3 aromatic rings. The van der Waals surface area contributed by atoms with Crippen LogP contribution in [0.4, 0.5) is 5.95 Å². The first kappa shape index (κ1) is 17.2. The number of ether oxygens (including phenoxy) is 2. The van der Waals surface area contributed by atoms with Crippen LogP contribution in [0.3, 0.4) is 0 Å². The maximum Gasteiger partial charge on any atom is 0.308 e. The van der Waals surface area contributed by atoms with Crippen LogP contribution in [-0.4, -0.2) is 47.2 Å². The number of morpholine rings is 1. The molecule has 1 N–H and O–H groups in total. The summed E-state index contributed by atoms with van der Waals surface area (Å²) in [6.45, 7) is 3.90. The van der Waals surface area contributed by atoms with Crippen molar-refractivity contribution in [3.63, 3.8) is 0 Å². The van der Waals surface area contributed by atoms with Crippen molar-refractivity contribution >= 4 is 23.0 Å². The molecular formula is C19H18N4O4. The summed E-state index contributed by atoms with van der Waals surface area (Å²) in [7, 11) is 0. The normalized spacial score (nSPS) is 14.3. The van der Waals surface area contributed by atoms with Crippen LogP contribution in [0.1, 0.15) is 6.92 Å². The summed E-state index contributed by atoms with van der Waals surface area (Å²) >= 11 is 0. The minimum absolute atomic E-state index is 0.242. The van der Waals surface area contributed by atoms with Gasteiger partial charge in [0.2, 0.25) is 5.95 Å². The highest BCUT2D eigenvalue weighted by Gasteiger charge is 2.17. The zero-order valence-corrected chi connectivity index (χ0v) is 14.8. The van der Waals surface area contributed by atoms with Crippen molar-refractivity contribution < 1.29 is 14.3 Å². The molecule has 2 aromatic heterocycles. The van der Waals surface area contributed by atoms with E-state index in [1.807, 2.05) is 4.90 Å². The smallest absolute Gasteiger partial charge is 0.308 e. The summed E-state index contributed by atoms with van der Waals surface area (Å²) in [4.78, 5) is 37.5. The summed E-state index contributed by atoms with van der Waals surface area (Å²) in [6.07, 6.45) is 1.63. The van der Waals surface area contributed by atoms with Gasteiger partial charge in [-0.3, -0.25) is 14.6 Å². The van der Waals surface area contributed by atoms with E-state index >= 15 is 0 Å². The molecule has 0 spiro atoms. The number of pyridine rings is 1. The number of carbonyl (C=O) groups excluding carboxylic acids is 1. The Bertz CT molecular complexity index is 1040. The Morgan fingerprint density at radius 1 is 1.19 bits per heavy atom. The molecule has 1 saturated heterocycles. The van der Waals surface area contributed by atoms with Crippen molar-refractivity contribution in [3.8, 4) is 16.9 Å². The summed E-state index contributed by atoms with van der Waals surface area (Å²) in [5.41, 5.74) is 1.68. The Hall–Kier alpha value is -3.26. The Kier molecular flexibility index (Phi) is 4.55. The predicted molar refractivity (Wildman–Crippen MR) is 99.9 cm³/mol. The molecular weight excluding hydrogens is 348 g/mol. The molecule has 1 fully saturated rings. The fraction of sp³-hybridized carbons (Fsp3) is 0.263. The van der Waals surface area contributed by atoms with Gasteiger partial charge in [-0.15, -0.1) is 0 Å². The maximum atomic E-state index is 12.8. The molecule has 0 saturated carbocycles. The average molecular weight is 366 g/mol. The molecule has 8 nitrogen and oxygen atoms in total. The Morgan fingerprint density at radius 3 is 2.63 bits per heavy atom. The second-order valence-electron chi connectivity index (χ2n) is 6.16. The Labute approximate surface area is 154 Å². The van der Waals surface area contributed by atoms with Crippen molar-refractivity contribution in [2.75, 3.05) is 31.2 Å². The van der Waals surface area contributed by atoms with E-state index in [4.69, 9.17) is 9.47 Å². The van der Waals surface area contributed by atoms with Gasteiger partial charge in [0.1, 0.15) is 5.75 Å². The molecule has 0 atom stereocenters. The van der Waals surface area contributed by atoms with E-state index in [0.717, 1.165) is 11.1 Å². The van der Waals surface area contributed by atoms with Gasteiger partial charge in [-0.05, 0) is 29.3 Å². The van der Waals surface area contributed by atoms with Gasteiger partial charge in [-0.2, -0.15) is 4.98 Å². The van der Waals surface area contributed by atoms with E-state index in [-0.39, 0.29) is 11.5 Å².